The normalized spacial score (nSPS) is 19.7. The van der Waals surface area contributed by atoms with Crippen molar-refractivity contribution in [2.24, 2.45) is 0 Å². The van der Waals surface area contributed by atoms with Crippen LogP contribution in [0.4, 0.5) is 0 Å². The molecule has 4 rings (SSSR count). The van der Waals surface area contributed by atoms with E-state index in [1.165, 1.54) is 17.8 Å². The van der Waals surface area contributed by atoms with Crippen LogP contribution in [-0.4, -0.2) is 52.0 Å². The SMILES string of the molecule is Cc1ccc(C(=O)NCC2CCCCN2CCn2nc3c(cc2=O)CSCC3)s1. The van der Waals surface area contributed by atoms with Gasteiger partial charge in [0.2, 0.25) is 0 Å². The predicted octanol–water partition coefficient (Wildman–Crippen LogP) is 2.69. The fourth-order valence-electron chi connectivity index (χ4n) is 4.08. The summed E-state index contributed by atoms with van der Waals surface area (Å²) in [5.74, 6) is 1.99. The first-order valence-corrected chi connectivity index (χ1v) is 12.3. The number of thiophene rings is 1. The van der Waals surface area contributed by atoms with E-state index in [4.69, 9.17) is 0 Å². The molecule has 2 aliphatic rings. The molecule has 2 aromatic rings. The molecule has 1 fully saturated rings. The van der Waals surface area contributed by atoms with Gasteiger partial charge in [0.25, 0.3) is 11.5 Å². The minimum atomic E-state index is 0.00109. The van der Waals surface area contributed by atoms with Crippen molar-refractivity contribution in [1.82, 2.24) is 20.0 Å². The third kappa shape index (κ3) is 5.10. The van der Waals surface area contributed by atoms with Gasteiger partial charge >= 0.3 is 0 Å². The van der Waals surface area contributed by atoms with Crippen molar-refractivity contribution < 1.29 is 4.79 Å². The highest BCUT2D eigenvalue weighted by atomic mass is 32.2. The van der Waals surface area contributed by atoms with Gasteiger partial charge in [0.1, 0.15) is 0 Å². The Bertz CT molecular complexity index is 924. The lowest BCUT2D eigenvalue weighted by Crippen LogP contribution is -2.48. The molecule has 4 heterocycles. The van der Waals surface area contributed by atoms with Gasteiger partial charge in [-0.15, -0.1) is 11.3 Å². The van der Waals surface area contributed by atoms with E-state index in [9.17, 15) is 9.59 Å². The topological polar surface area (TPSA) is 67.2 Å². The average Bonchev–Trinajstić information content (AvgIpc) is 3.17. The second-order valence-corrected chi connectivity index (χ2v) is 10.2. The van der Waals surface area contributed by atoms with E-state index in [0.717, 1.165) is 64.9 Å². The molecule has 0 saturated carbocycles. The van der Waals surface area contributed by atoms with E-state index in [2.05, 4.69) is 15.3 Å². The van der Waals surface area contributed by atoms with E-state index in [-0.39, 0.29) is 11.5 Å². The highest BCUT2D eigenvalue weighted by molar-refractivity contribution is 7.98. The Morgan fingerprint density at radius 3 is 3.03 bits per heavy atom. The molecule has 0 aliphatic carbocycles. The largest absolute Gasteiger partial charge is 0.350 e. The lowest BCUT2D eigenvalue weighted by Gasteiger charge is -2.35. The maximum Gasteiger partial charge on any atom is 0.267 e. The molecular weight excluding hydrogens is 404 g/mol. The van der Waals surface area contributed by atoms with E-state index in [1.807, 2.05) is 30.8 Å². The van der Waals surface area contributed by atoms with Crippen molar-refractivity contribution in [1.29, 1.82) is 0 Å². The summed E-state index contributed by atoms with van der Waals surface area (Å²) in [6.45, 7) is 5.07. The summed E-state index contributed by atoms with van der Waals surface area (Å²) in [4.78, 5) is 29.2. The van der Waals surface area contributed by atoms with E-state index in [1.54, 1.807) is 10.7 Å². The molecule has 1 unspecified atom stereocenters. The molecule has 0 aromatic carbocycles. The van der Waals surface area contributed by atoms with Crippen LogP contribution < -0.4 is 10.9 Å². The zero-order chi connectivity index (χ0) is 20.2. The molecule has 2 aromatic heterocycles. The Morgan fingerprint density at radius 2 is 2.21 bits per heavy atom. The van der Waals surface area contributed by atoms with Crippen LogP contribution in [0.5, 0.6) is 0 Å². The van der Waals surface area contributed by atoms with Crippen molar-refractivity contribution in [3.8, 4) is 0 Å². The van der Waals surface area contributed by atoms with Gasteiger partial charge < -0.3 is 5.32 Å². The molecule has 8 heteroatoms. The third-order valence-electron chi connectivity index (χ3n) is 5.72. The third-order valence-corrected chi connectivity index (χ3v) is 7.72. The zero-order valence-corrected chi connectivity index (χ0v) is 18.5. The maximum atomic E-state index is 12.4. The number of hydrogen-bond donors (Lipinski definition) is 1. The summed E-state index contributed by atoms with van der Waals surface area (Å²) in [7, 11) is 0. The molecule has 1 amide bonds. The van der Waals surface area contributed by atoms with Crippen molar-refractivity contribution in [3.05, 3.63) is 49.6 Å². The van der Waals surface area contributed by atoms with Gasteiger partial charge in [-0.1, -0.05) is 6.42 Å². The number of aryl methyl sites for hydroxylation is 2. The highest BCUT2D eigenvalue weighted by Crippen LogP contribution is 2.21. The minimum absolute atomic E-state index is 0.00109. The van der Waals surface area contributed by atoms with Crippen LogP contribution in [0.1, 0.15) is 45.1 Å². The Labute approximate surface area is 179 Å². The fourth-order valence-corrected chi connectivity index (χ4v) is 5.81. The number of likely N-dealkylation sites (tertiary alicyclic amines) is 1. The molecule has 29 heavy (non-hydrogen) atoms. The molecule has 1 saturated heterocycles. The summed E-state index contributed by atoms with van der Waals surface area (Å²) in [5.41, 5.74) is 2.18. The number of nitrogens with zero attached hydrogens (tertiary/aromatic N) is 3. The number of nitrogens with one attached hydrogen (secondary N) is 1. The standard InChI is InChI=1S/C21H28N4O2S2/c1-15-5-6-19(29-15)21(27)22-13-17-4-2-3-8-24(17)9-10-25-20(26)12-16-14-28-11-7-18(16)23-25/h5-6,12,17H,2-4,7-11,13-14H2,1H3,(H,22,27). The molecule has 0 radical (unpaired) electrons. The van der Waals surface area contributed by atoms with Crippen molar-refractivity contribution >= 4 is 29.0 Å². The van der Waals surface area contributed by atoms with Crippen LogP contribution in [0.2, 0.25) is 0 Å². The summed E-state index contributed by atoms with van der Waals surface area (Å²) < 4.78 is 1.63. The number of hydrogen-bond acceptors (Lipinski definition) is 6. The maximum absolute atomic E-state index is 12.4. The second-order valence-electron chi connectivity index (χ2n) is 7.79. The van der Waals surface area contributed by atoms with Gasteiger partial charge in [-0.2, -0.15) is 16.9 Å². The molecule has 0 spiro atoms. The van der Waals surface area contributed by atoms with Crippen LogP contribution in [-0.2, 0) is 18.7 Å². The van der Waals surface area contributed by atoms with E-state index in [0.29, 0.717) is 19.1 Å². The lowest BCUT2D eigenvalue weighted by atomic mass is 10.0. The first kappa shape index (κ1) is 20.6. The summed E-state index contributed by atoms with van der Waals surface area (Å²) in [5, 5.41) is 7.74. The van der Waals surface area contributed by atoms with Gasteiger partial charge in [0.05, 0.1) is 17.1 Å². The Kier molecular flexibility index (Phi) is 6.72. The first-order valence-electron chi connectivity index (χ1n) is 10.4. The molecule has 1 atom stereocenters. The lowest BCUT2D eigenvalue weighted by molar-refractivity contribution is 0.0913. The second kappa shape index (κ2) is 9.45. The molecule has 6 nitrogen and oxygen atoms in total. The predicted molar refractivity (Wildman–Crippen MR) is 119 cm³/mol. The Balaban J connectivity index is 1.35. The molecule has 156 valence electrons. The summed E-state index contributed by atoms with van der Waals surface area (Å²) in [6, 6.07) is 5.96. The van der Waals surface area contributed by atoms with Gasteiger partial charge in [-0.3, -0.25) is 14.5 Å². The quantitative estimate of drug-likeness (QED) is 0.760. The van der Waals surface area contributed by atoms with Crippen LogP contribution in [0.25, 0.3) is 0 Å². The zero-order valence-electron chi connectivity index (χ0n) is 16.9. The summed E-state index contributed by atoms with van der Waals surface area (Å²) >= 11 is 3.40. The number of thioether (sulfide) groups is 1. The number of aromatic nitrogens is 2. The number of carbonyl (C=O) groups excluding carboxylic acids is 1. The smallest absolute Gasteiger partial charge is 0.267 e. The molecule has 2 aliphatic heterocycles. The number of fused-ring (bicyclic) bond motifs is 1. The van der Waals surface area contributed by atoms with Crippen LogP contribution in [0.3, 0.4) is 0 Å². The highest BCUT2D eigenvalue weighted by Gasteiger charge is 2.23. The molecular formula is C21H28N4O2S2. The van der Waals surface area contributed by atoms with Crippen molar-refractivity contribution in [2.45, 2.75) is 50.9 Å². The Morgan fingerprint density at radius 1 is 1.31 bits per heavy atom. The number of piperidine rings is 1. The van der Waals surface area contributed by atoms with Crippen molar-refractivity contribution in [3.63, 3.8) is 0 Å². The minimum Gasteiger partial charge on any atom is -0.350 e. The number of amides is 1. The molecule has 0 bridgehead atoms. The van der Waals surface area contributed by atoms with Gasteiger partial charge in [-0.05, 0) is 49.8 Å². The average molecular weight is 433 g/mol. The van der Waals surface area contributed by atoms with E-state index < -0.39 is 0 Å². The van der Waals surface area contributed by atoms with Crippen LogP contribution in [0.15, 0.2) is 23.0 Å². The van der Waals surface area contributed by atoms with Gasteiger partial charge in [-0.25, -0.2) is 4.68 Å². The number of carbonyl (C=O) groups is 1. The monoisotopic (exact) mass is 432 g/mol. The fraction of sp³-hybridized carbons (Fsp3) is 0.571. The van der Waals surface area contributed by atoms with Gasteiger partial charge in [0, 0.05) is 42.2 Å². The Hall–Kier alpha value is -1.64. The molecule has 1 N–H and O–H groups in total. The first-order chi connectivity index (χ1) is 14.1. The van der Waals surface area contributed by atoms with Crippen LogP contribution in [0, 0.1) is 6.92 Å². The van der Waals surface area contributed by atoms with Crippen molar-refractivity contribution in [2.75, 3.05) is 25.4 Å². The van der Waals surface area contributed by atoms with E-state index >= 15 is 0 Å². The van der Waals surface area contributed by atoms with Gasteiger partial charge in [0.15, 0.2) is 0 Å². The number of rotatable bonds is 6. The van der Waals surface area contributed by atoms with Crippen LogP contribution >= 0.6 is 23.1 Å². The summed E-state index contributed by atoms with van der Waals surface area (Å²) in [6.07, 6.45) is 4.37.